The van der Waals surface area contributed by atoms with Crippen LogP contribution in [0.5, 0.6) is 11.9 Å². The van der Waals surface area contributed by atoms with Crippen molar-refractivity contribution in [2.45, 2.75) is 33.5 Å². The maximum atomic E-state index is 12.1. The highest BCUT2D eigenvalue weighted by molar-refractivity contribution is 6.16. The first-order valence-electron chi connectivity index (χ1n) is 8.49. The van der Waals surface area contributed by atoms with Gasteiger partial charge in [-0.25, -0.2) is 9.78 Å². The molecule has 144 valence electrons. The summed E-state index contributed by atoms with van der Waals surface area (Å²) < 4.78 is 21.2. The first-order chi connectivity index (χ1) is 12.9. The normalized spacial score (nSPS) is 11.3. The van der Waals surface area contributed by atoms with Crippen LogP contribution in [0.2, 0.25) is 0 Å². The number of carbonyl (C=O) groups is 1. The summed E-state index contributed by atoms with van der Waals surface area (Å²) in [7, 11) is 2.80. The Hall–Kier alpha value is -3.09. The molecule has 1 aromatic heterocycles. The highest BCUT2D eigenvalue weighted by atomic mass is 16.5. The Labute approximate surface area is 159 Å². The van der Waals surface area contributed by atoms with Gasteiger partial charge < -0.3 is 18.9 Å². The molecule has 0 N–H and O–H groups in total. The van der Waals surface area contributed by atoms with Gasteiger partial charge in [0.1, 0.15) is 12.2 Å². The van der Waals surface area contributed by atoms with Crippen molar-refractivity contribution in [3.05, 3.63) is 53.4 Å². The lowest BCUT2D eigenvalue weighted by molar-refractivity contribution is -0.133. The predicted octanol–water partition coefficient (Wildman–Crippen LogP) is 3.31. The summed E-state index contributed by atoms with van der Waals surface area (Å²) in [5, 5.41) is 0. The van der Waals surface area contributed by atoms with E-state index in [-0.39, 0.29) is 18.7 Å². The number of hydrogen-bond acceptors (Lipinski definition) is 7. The van der Waals surface area contributed by atoms with Crippen LogP contribution < -0.4 is 9.47 Å². The largest absolute Gasteiger partial charge is 0.503 e. The molecule has 1 heterocycles. The SMILES string of the molecule is CO/C=C(\C(=O)OC)c1ccccc1COc1cc(C)nc(OC(C)C)n1. The maximum absolute atomic E-state index is 12.1. The summed E-state index contributed by atoms with van der Waals surface area (Å²) in [4.78, 5) is 20.6. The molecule has 0 saturated carbocycles. The van der Waals surface area contributed by atoms with Gasteiger partial charge in [-0.1, -0.05) is 24.3 Å². The Morgan fingerprint density at radius 1 is 1.19 bits per heavy atom. The molecule has 0 aliphatic carbocycles. The van der Waals surface area contributed by atoms with Crippen molar-refractivity contribution in [2.24, 2.45) is 0 Å². The number of rotatable bonds is 8. The molecule has 7 nitrogen and oxygen atoms in total. The molecule has 0 amide bonds. The molecular weight excluding hydrogens is 348 g/mol. The number of nitrogens with zero attached hydrogens (tertiary/aromatic N) is 2. The van der Waals surface area contributed by atoms with Crippen LogP contribution in [0.3, 0.4) is 0 Å². The van der Waals surface area contributed by atoms with E-state index in [9.17, 15) is 4.79 Å². The highest BCUT2D eigenvalue weighted by Crippen LogP contribution is 2.23. The molecule has 1 aromatic carbocycles. The van der Waals surface area contributed by atoms with Crippen LogP contribution in [0.4, 0.5) is 0 Å². The molecule has 0 unspecified atom stereocenters. The third kappa shape index (κ3) is 5.70. The molecule has 0 atom stereocenters. The van der Waals surface area contributed by atoms with Crippen molar-refractivity contribution in [1.82, 2.24) is 9.97 Å². The summed E-state index contributed by atoms with van der Waals surface area (Å²) in [5.41, 5.74) is 2.49. The average molecular weight is 372 g/mol. The minimum absolute atomic E-state index is 0.0397. The second kappa shape index (κ2) is 9.56. The fourth-order valence-electron chi connectivity index (χ4n) is 2.36. The summed E-state index contributed by atoms with van der Waals surface area (Å²) in [5.74, 6) is -0.0990. The summed E-state index contributed by atoms with van der Waals surface area (Å²) >= 11 is 0. The van der Waals surface area contributed by atoms with E-state index in [4.69, 9.17) is 18.9 Å². The molecule has 0 radical (unpaired) electrons. The van der Waals surface area contributed by atoms with Crippen molar-refractivity contribution >= 4 is 11.5 Å². The van der Waals surface area contributed by atoms with E-state index in [1.807, 2.05) is 39.0 Å². The fraction of sp³-hybridized carbons (Fsp3) is 0.350. The number of carbonyl (C=O) groups excluding carboxylic acids is 1. The van der Waals surface area contributed by atoms with E-state index in [2.05, 4.69) is 9.97 Å². The van der Waals surface area contributed by atoms with E-state index in [1.54, 1.807) is 12.1 Å². The molecule has 0 aliphatic rings. The lowest BCUT2D eigenvalue weighted by Crippen LogP contribution is -2.10. The monoisotopic (exact) mass is 372 g/mol. The Balaban J connectivity index is 2.26. The van der Waals surface area contributed by atoms with Crippen LogP contribution in [-0.2, 0) is 20.9 Å². The van der Waals surface area contributed by atoms with Gasteiger partial charge in [-0.05, 0) is 31.9 Å². The molecule has 2 rings (SSSR count). The number of benzene rings is 1. The zero-order chi connectivity index (χ0) is 19.8. The lowest BCUT2D eigenvalue weighted by atomic mass is 10.0. The molecule has 0 bridgehead atoms. The van der Waals surface area contributed by atoms with Crippen molar-refractivity contribution in [1.29, 1.82) is 0 Å². The van der Waals surface area contributed by atoms with Crippen LogP contribution >= 0.6 is 0 Å². The van der Waals surface area contributed by atoms with Gasteiger partial charge in [0.15, 0.2) is 0 Å². The maximum Gasteiger partial charge on any atom is 0.341 e. The van der Waals surface area contributed by atoms with Crippen LogP contribution in [0.25, 0.3) is 5.57 Å². The van der Waals surface area contributed by atoms with Crippen LogP contribution in [0.15, 0.2) is 36.6 Å². The fourth-order valence-corrected chi connectivity index (χ4v) is 2.36. The Morgan fingerprint density at radius 2 is 1.93 bits per heavy atom. The Kier molecular flexibility index (Phi) is 7.16. The number of ether oxygens (including phenoxy) is 4. The Morgan fingerprint density at radius 3 is 2.59 bits per heavy atom. The lowest BCUT2D eigenvalue weighted by Gasteiger charge is -2.13. The van der Waals surface area contributed by atoms with E-state index < -0.39 is 5.97 Å². The number of esters is 1. The van der Waals surface area contributed by atoms with Gasteiger partial charge in [-0.2, -0.15) is 4.98 Å². The third-order valence-corrected chi connectivity index (χ3v) is 3.48. The minimum Gasteiger partial charge on any atom is -0.503 e. The quantitative estimate of drug-likeness (QED) is 0.399. The van der Waals surface area contributed by atoms with Gasteiger partial charge >= 0.3 is 12.0 Å². The van der Waals surface area contributed by atoms with Gasteiger partial charge in [0.2, 0.25) is 5.88 Å². The predicted molar refractivity (Wildman–Crippen MR) is 100 cm³/mol. The van der Waals surface area contributed by atoms with Crippen LogP contribution in [-0.4, -0.2) is 36.3 Å². The summed E-state index contributed by atoms with van der Waals surface area (Å²) in [6, 6.07) is 9.35. The standard InChI is InChI=1S/C20H24N2O5/c1-13(2)27-20-21-14(3)10-18(22-20)26-11-15-8-6-7-9-16(15)17(12-24-4)19(23)25-5/h6-10,12-13H,11H2,1-5H3/b17-12-. The molecule has 27 heavy (non-hydrogen) atoms. The molecule has 2 aromatic rings. The van der Waals surface area contributed by atoms with Gasteiger partial charge in [0.25, 0.3) is 0 Å². The number of methoxy groups -OCH3 is 2. The van der Waals surface area contributed by atoms with Crippen molar-refractivity contribution in [2.75, 3.05) is 14.2 Å². The number of aromatic nitrogens is 2. The molecule has 0 fully saturated rings. The Bertz CT molecular complexity index is 818. The molecule has 0 spiro atoms. The number of hydrogen-bond donors (Lipinski definition) is 0. The summed E-state index contributed by atoms with van der Waals surface area (Å²) in [6.07, 6.45) is 1.32. The van der Waals surface area contributed by atoms with Crippen molar-refractivity contribution < 1.29 is 23.7 Å². The second-order valence-corrected chi connectivity index (χ2v) is 6.00. The van der Waals surface area contributed by atoms with Crippen molar-refractivity contribution in [3.63, 3.8) is 0 Å². The molecule has 0 aliphatic heterocycles. The van der Waals surface area contributed by atoms with Gasteiger partial charge in [0.05, 0.1) is 26.6 Å². The molecular formula is C20H24N2O5. The highest BCUT2D eigenvalue weighted by Gasteiger charge is 2.17. The number of aryl methyl sites for hydroxylation is 1. The van der Waals surface area contributed by atoms with E-state index >= 15 is 0 Å². The van der Waals surface area contributed by atoms with Gasteiger partial charge in [0, 0.05) is 11.8 Å². The average Bonchev–Trinajstić information content (AvgIpc) is 2.63. The van der Waals surface area contributed by atoms with E-state index in [0.29, 0.717) is 17.0 Å². The van der Waals surface area contributed by atoms with Crippen LogP contribution in [0, 0.1) is 6.92 Å². The first kappa shape index (κ1) is 20.2. The summed E-state index contributed by atoms with van der Waals surface area (Å²) in [6.45, 7) is 5.84. The zero-order valence-electron chi connectivity index (χ0n) is 16.2. The second-order valence-electron chi connectivity index (χ2n) is 6.00. The van der Waals surface area contributed by atoms with Gasteiger partial charge in [-0.3, -0.25) is 0 Å². The minimum atomic E-state index is -0.491. The van der Waals surface area contributed by atoms with Crippen LogP contribution in [0.1, 0.15) is 30.7 Å². The zero-order valence-corrected chi connectivity index (χ0v) is 16.2. The third-order valence-electron chi connectivity index (χ3n) is 3.48. The van der Waals surface area contributed by atoms with E-state index in [1.165, 1.54) is 20.5 Å². The molecule has 0 saturated heterocycles. The van der Waals surface area contributed by atoms with E-state index in [0.717, 1.165) is 11.3 Å². The molecule has 7 heteroatoms. The van der Waals surface area contributed by atoms with Gasteiger partial charge in [-0.15, -0.1) is 0 Å². The first-order valence-corrected chi connectivity index (χ1v) is 8.49. The topological polar surface area (TPSA) is 79.8 Å². The smallest absolute Gasteiger partial charge is 0.341 e. The van der Waals surface area contributed by atoms with Crippen molar-refractivity contribution in [3.8, 4) is 11.9 Å².